The Morgan fingerprint density at radius 2 is 2.04 bits per heavy atom. The quantitative estimate of drug-likeness (QED) is 0.820. The number of aliphatic imine (C=N–C) groups is 1. The van der Waals surface area contributed by atoms with Gasteiger partial charge in [0.2, 0.25) is 0 Å². The number of likely N-dealkylation sites (tertiary alicyclic amines) is 1. The minimum Gasteiger partial charge on any atom is -0.493 e. The van der Waals surface area contributed by atoms with Crippen molar-refractivity contribution in [2.45, 2.75) is 37.5 Å². The summed E-state index contributed by atoms with van der Waals surface area (Å²) in [5, 5.41) is 0. The van der Waals surface area contributed by atoms with E-state index in [1.54, 1.807) is 7.11 Å². The van der Waals surface area contributed by atoms with Gasteiger partial charge < -0.3 is 20.1 Å². The highest BCUT2D eigenvalue weighted by molar-refractivity contribution is 6.00. The molecule has 1 aliphatic carbocycles. The lowest BCUT2D eigenvalue weighted by Gasteiger charge is -2.39. The Morgan fingerprint density at radius 3 is 2.65 bits per heavy atom. The van der Waals surface area contributed by atoms with Crippen molar-refractivity contribution in [3.05, 3.63) is 17.7 Å². The van der Waals surface area contributed by atoms with Gasteiger partial charge in [-0.1, -0.05) is 6.42 Å². The van der Waals surface area contributed by atoms with Crippen LogP contribution >= 0.6 is 0 Å². The summed E-state index contributed by atoms with van der Waals surface area (Å²) in [5.41, 5.74) is 8.35. The van der Waals surface area contributed by atoms with Crippen LogP contribution in [0.15, 0.2) is 17.1 Å². The molecule has 124 valence electrons. The molecule has 5 nitrogen and oxygen atoms in total. The smallest absolute Gasteiger partial charge is 0.163 e. The molecule has 1 aromatic carbocycles. The van der Waals surface area contributed by atoms with E-state index in [1.807, 2.05) is 6.07 Å². The summed E-state index contributed by atoms with van der Waals surface area (Å²) in [6.45, 7) is 4.29. The lowest BCUT2D eigenvalue weighted by atomic mass is 9.64. The van der Waals surface area contributed by atoms with Crippen molar-refractivity contribution in [2.75, 3.05) is 33.4 Å². The van der Waals surface area contributed by atoms with E-state index < -0.39 is 0 Å². The third kappa shape index (κ3) is 2.38. The summed E-state index contributed by atoms with van der Waals surface area (Å²) < 4.78 is 11.5. The second kappa shape index (κ2) is 5.71. The highest BCUT2D eigenvalue weighted by Crippen LogP contribution is 2.53. The molecule has 0 radical (unpaired) electrons. The molecule has 3 aliphatic rings. The molecule has 2 aliphatic heterocycles. The third-order valence-electron chi connectivity index (χ3n) is 5.56. The fourth-order valence-corrected chi connectivity index (χ4v) is 3.80. The van der Waals surface area contributed by atoms with Crippen LogP contribution in [-0.2, 0) is 5.41 Å². The molecule has 2 N–H and O–H groups in total. The lowest BCUT2D eigenvalue weighted by Crippen LogP contribution is -2.44. The normalized spacial score (nSPS) is 21.3. The average molecular weight is 315 g/mol. The molecule has 1 saturated heterocycles. The first-order valence-electron chi connectivity index (χ1n) is 8.65. The molecule has 1 aromatic rings. The van der Waals surface area contributed by atoms with Crippen molar-refractivity contribution in [1.82, 2.24) is 4.90 Å². The summed E-state index contributed by atoms with van der Waals surface area (Å²) in [6, 6.07) is 4.08. The molecule has 1 saturated carbocycles. The van der Waals surface area contributed by atoms with E-state index in [0.29, 0.717) is 6.61 Å². The van der Waals surface area contributed by atoms with Crippen LogP contribution in [0, 0.1) is 0 Å². The number of benzene rings is 1. The Bertz CT molecular complexity index is 633. The Kier molecular flexibility index (Phi) is 3.68. The van der Waals surface area contributed by atoms with Crippen molar-refractivity contribution < 1.29 is 9.47 Å². The van der Waals surface area contributed by atoms with E-state index in [-0.39, 0.29) is 5.41 Å². The van der Waals surface area contributed by atoms with Gasteiger partial charge in [-0.3, -0.25) is 0 Å². The number of hydrogen-bond acceptors (Lipinski definition) is 5. The summed E-state index contributed by atoms with van der Waals surface area (Å²) in [7, 11) is 1.70. The van der Waals surface area contributed by atoms with Gasteiger partial charge in [0.1, 0.15) is 5.84 Å². The molecule has 0 atom stereocenters. The van der Waals surface area contributed by atoms with Gasteiger partial charge >= 0.3 is 0 Å². The number of rotatable bonds is 6. The number of nitrogens with zero attached hydrogens (tertiary/aromatic N) is 2. The van der Waals surface area contributed by atoms with Crippen LogP contribution in [0.1, 0.15) is 37.7 Å². The van der Waals surface area contributed by atoms with E-state index in [4.69, 9.17) is 15.2 Å². The Labute approximate surface area is 137 Å². The number of ether oxygens (including phenoxy) is 2. The molecule has 5 heteroatoms. The zero-order valence-corrected chi connectivity index (χ0v) is 13.8. The first-order valence-corrected chi connectivity index (χ1v) is 8.65. The van der Waals surface area contributed by atoms with Crippen LogP contribution < -0.4 is 15.2 Å². The number of methoxy groups -OCH3 is 1. The van der Waals surface area contributed by atoms with Crippen LogP contribution in [0.2, 0.25) is 0 Å². The van der Waals surface area contributed by atoms with E-state index in [9.17, 15) is 0 Å². The molecule has 23 heavy (non-hydrogen) atoms. The Morgan fingerprint density at radius 1 is 1.22 bits per heavy atom. The molecule has 0 amide bonds. The van der Waals surface area contributed by atoms with Gasteiger partial charge in [0.25, 0.3) is 0 Å². The second-order valence-corrected chi connectivity index (χ2v) is 6.85. The predicted molar refractivity (Wildman–Crippen MR) is 91.0 cm³/mol. The fraction of sp³-hybridized carbons (Fsp3) is 0.611. The van der Waals surface area contributed by atoms with Crippen molar-refractivity contribution in [2.24, 2.45) is 10.7 Å². The molecule has 4 rings (SSSR count). The first-order chi connectivity index (χ1) is 11.2. The predicted octanol–water partition coefficient (Wildman–Crippen LogP) is 2.59. The molecule has 2 heterocycles. The molecule has 0 unspecified atom stereocenters. The van der Waals surface area contributed by atoms with Gasteiger partial charge in [0.05, 0.1) is 24.8 Å². The lowest BCUT2D eigenvalue weighted by molar-refractivity contribution is 0.164. The van der Waals surface area contributed by atoms with Gasteiger partial charge in [-0.15, -0.1) is 0 Å². The van der Waals surface area contributed by atoms with Crippen molar-refractivity contribution in [1.29, 1.82) is 0 Å². The summed E-state index contributed by atoms with van der Waals surface area (Å²) in [5.74, 6) is 2.34. The van der Waals surface area contributed by atoms with Crippen LogP contribution in [0.5, 0.6) is 11.5 Å². The number of amidine groups is 1. The Hall–Kier alpha value is -1.75. The maximum atomic E-state index is 6.21. The van der Waals surface area contributed by atoms with Crippen LogP contribution in [-0.4, -0.2) is 44.1 Å². The van der Waals surface area contributed by atoms with Crippen molar-refractivity contribution >= 4 is 11.5 Å². The monoisotopic (exact) mass is 315 g/mol. The molecular formula is C18H25N3O2. The maximum absolute atomic E-state index is 6.21. The molecular weight excluding hydrogens is 290 g/mol. The number of fused-ring (bicyclic) bond motifs is 2. The van der Waals surface area contributed by atoms with Gasteiger partial charge in [-0.2, -0.15) is 0 Å². The number of hydrogen-bond donors (Lipinski definition) is 1. The van der Waals surface area contributed by atoms with E-state index >= 15 is 0 Å². The minimum atomic E-state index is -0.0291. The maximum Gasteiger partial charge on any atom is 0.163 e. The molecule has 2 fully saturated rings. The van der Waals surface area contributed by atoms with Gasteiger partial charge in [-0.25, -0.2) is 4.99 Å². The highest BCUT2D eigenvalue weighted by atomic mass is 16.5. The van der Waals surface area contributed by atoms with Crippen LogP contribution in [0.25, 0.3) is 0 Å². The zero-order chi connectivity index (χ0) is 15.9. The summed E-state index contributed by atoms with van der Waals surface area (Å²) >= 11 is 0. The van der Waals surface area contributed by atoms with Gasteiger partial charge in [0.15, 0.2) is 11.5 Å². The fourth-order valence-electron chi connectivity index (χ4n) is 3.80. The SMILES string of the molecule is COc1cc2c(cc1OCCCN1CCC1)N=C(N)C21CCC1. The van der Waals surface area contributed by atoms with Crippen LogP contribution in [0.3, 0.4) is 0 Å². The van der Waals surface area contributed by atoms with Crippen molar-refractivity contribution in [3.8, 4) is 11.5 Å². The first kappa shape index (κ1) is 14.8. The molecule has 0 bridgehead atoms. The van der Waals surface area contributed by atoms with E-state index in [1.165, 1.54) is 31.5 Å². The van der Waals surface area contributed by atoms with Gasteiger partial charge in [0, 0.05) is 12.6 Å². The zero-order valence-electron chi connectivity index (χ0n) is 13.8. The van der Waals surface area contributed by atoms with Gasteiger partial charge in [-0.05, 0) is 50.4 Å². The molecule has 1 spiro atoms. The molecule has 0 aromatic heterocycles. The summed E-state index contributed by atoms with van der Waals surface area (Å²) in [6.07, 6.45) is 5.77. The largest absolute Gasteiger partial charge is 0.493 e. The van der Waals surface area contributed by atoms with E-state index in [0.717, 1.165) is 48.8 Å². The standard InChI is InChI=1S/C18H25N3O2/c1-22-15-11-13-14(20-17(19)18(13)5-2-6-18)12-16(15)23-10-4-9-21-7-3-8-21/h11-12H,2-10H2,1H3,(H2,19,20). The highest BCUT2D eigenvalue weighted by Gasteiger charge is 2.47. The minimum absolute atomic E-state index is 0.0291. The van der Waals surface area contributed by atoms with Crippen molar-refractivity contribution in [3.63, 3.8) is 0 Å². The second-order valence-electron chi connectivity index (χ2n) is 6.85. The van der Waals surface area contributed by atoms with E-state index in [2.05, 4.69) is 16.0 Å². The Balaban J connectivity index is 1.48. The topological polar surface area (TPSA) is 60.1 Å². The third-order valence-corrected chi connectivity index (χ3v) is 5.56. The average Bonchev–Trinajstić information content (AvgIpc) is 2.74. The number of nitrogens with two attached hydrogens (primary N) is 1. The van der Waals surface area contributed by atoms with Crippen LogP contribution in [0.4, 0.5) is 5.69 Å². The summed E-state index contributed by atoms with van der Waals surface area (Å²) in [4.78, 5) is 7.05.